The van der Waals surface area contributed by atoms with Gasteiger partial charge in [-0.3, -0.25) is 0 Å². The number of hydrogen-bond acceptors (Lipinski definition) is 3. The predicted molar refractivity (Wildman–Crippen MR) is 164 cm³/mol. The number of rotatable bonds is 22. The Morgan fingerprint density at radius 2 is 1.33 bits per heavy atom. The quantitative estimate of drug-likeness (QED) is 0.0853. The van der Waals surface area contributed by atoms with E-state index in [2.05, 4.69) is 58.3 Å². The maximum absolute atomic E-state index is 13.0. The van der Waals surface area contributed by atoms with Crippen molar-refractivity contribution in [2.45, 2.75) is 116 Å². The maximum atomic E-state index is 13.0. The fourth-order valence-electron chi connectivity index (χ4n) is 5.37. The van der Waals surface area contributed by atoms with Gasteiger partial charge in [0.2, 0.25) is 0 Å². The van der Waals surface area contributed by atoms with Crippen LogP contribution in [0.4, 0.5) is 0 Å². The second-order valence-electron chi connectivity index (χ2n) is 11.7. The minimum Gasteiger partial charge on any atom is -0.490 e. The Kier molecular flexibility index (Phi) is 16.6. The zero-order chi connectivity index (χ0) is 28.2. The Bertz CT molecular complexity index is 896. The van der Waals surface area contributed by atoms with Crippen LogP contribution in [-0.4, -0.2) is 43.8 Å². The lowest BCUT2D eigenvalue weighted by Gasteiger charge is -2.36. The third kappa shape index (κ3) is 14.0. The largest absolute Gasteiger partial charge is 0.490 e. The van der Waals surface area contributed by atoms with Gasteiger partial charge >= 0.3 is 5.97 Å². The van der Waals surface area contributed by atoms with Crippen LogP contribution in [-0.2, 0) is 22.5 Å². The molecule has 0 saturated carbocycles. The van der Waals surface area contributed by atoms with Crippen LogP contribution < -0.4 is 4.74 Å². The molecule has 0 saturated heterocycles. The van der Waals surface area contributed by atoms with Crippen molar-refractivity contribution >= 4 is 5.97 Å². The van der Waals surface area contributed by atoms with Crippen LogP contribution in [0, 0.1) is 0 Å². The number of nitrogens with zero attached hydrogens (tertiary/aromatic N) is 1. The topological polar surface area (TPSA) is 35.5 Å². The number of unbranched alkanes of at least 4 members (excludes halogenated alkanes) is 10. The third-order valence-electron chi connectivity index (χ3n) is 7.67. The summed E-state index contributed by atoms with van der Waals surface area (Å²) in [6.45, 7) is 5.84. The Labute approximate surface area is 239 Å². The number of carbonyl (C=O) groups excluding carboxylic acids is 1. The molecule has 2 aromatic carbocycles. The van der Waals surface area contributed by atoms with Gasteiger partial charge in [-0.15, -0.1) is 0 Å². The molecule has 0 radical (unpaired) electrons. The second kappa shape index (κ2) is 19.7. The number of likely N-dealkylation sites (N-methyl/N-ethyl adjacent to an activating group) is 1. The highest BCUT2D eigenvalue weighted by atomic mass is 16.6. The molecule has 0 aliphatic heterocycles. The van der Waals surface area contributed by atoms with Gasteiger partial charge in [0.05, 0.1) is 14.1 Å². The van der Waals surface area contributed by atoms with Gasteiger partial charge in [-0.25, -0.2) is 4.79 Å². The molecule has 0 heterocycles. The highest BCUT2D eigenvalue weighted by molar-refractivity contribution is 5.74. The van der Waals surface area contributed by atoms with Gasteiger partial charge in [0.15, 0.2) is 6.04 Å². The van der Waals surface area contributed by atoms with E-state index in [1.807, 2.05) is 24.3 Å². The van der Waals surface area contributed by atoms with E-state index in [9.17, 15) is 4.79 Å². The van der Waals surface area contributed by atoms with E-state index in [4.69, 9.17) is 9.47 Å². The summed E-state index contributed by atoms with van der Waals surface area (Å²) in [5, 5.41) is 0. The molecule has 0 N–H and O–H groups in total. The first kappa shape index (κ1) is 32.9. The molecule has 218 valence electrons. The van der Waals surface area contributed by atoms with Gasteiger partial charge in [-0.1, -0.05) is 121 Å². The number of ether oxygens (including phenoxy) is 2. The van der Waals surface area contributed by atoms with E-state index in [-0.39, 0.29) is 18.6 Å². The summed E-state index contributed by atoms with van der Waals surface area (Å²) in [5.74, 6) is 0.726. The average Bonchev–Trinajstić information content (AvgIpc) is 2.93. The number of carbonyl (C=O) groups is 1. The van der Waals surface area contributed by atoms with Crippen LogP contribution in [0.2, 0.25) is 0 Å². The molecular formula is C35H56NO3+. The monoisotopic (exact) mass is 538 g/mol. The van der Waals surface area contributed by atoms with E-state index >= 15 is 0 Å². The highest BCUT2D eigenvalue weighted by Crippen LogP contribution is 2.20. The van der Waals surface area contributed by atoms with E-state index < -0.39 is 0 Å². The zero-order valence-corrected chi connectivity index (χ0v) is 25.5. The van der Waals surface area contributed by atoms with Crippen LogP contribution in [0.1, 0.15) is 108 Å². The maximum Gasteiger partial charge on any atom is 0.365 e. The zero-order valence-electron chi connectivity index (χ0n) is 25.5. The number of aryl methyl sites for hydroxylation is 1. The van der Waals surface area contributed by atoms with E-state index in [0.717, 1.165) is 31.6 Å². The Hall–Kier alpha value is -2.33. The Morgan fingerprint density at radius 3 is 1.97 bits per heavy atom. The molecule has 1 unspecified atom stereocenters. The van der Waals surface area contributed by atoms with E-state index in [1.165, 1.54) is 81.8 Å². The molecule has 0 bridgehead atoms. The van der Waals surface area contributed by atoms with Crippen molar-refractivity contribution in [3.05, 3.63) is 65.7 Å². The number of quaternary nitrogens is 1. The van der Waals surface area contributed by atoms with E-state index in [1.54, 1.807) is 0 Å². The summed E-state index contributed by atoms with van der Waals surface area (Å²) in [4.78, 5) is 13.0. The normalized spacial score (nSPS) is 12.3. The molecular weight excluding hydrogens is 482 g/mol. The molecule has 0 aliphatic rings. The van der Waals surface area contributed by atoms with Crippen LogP contribution in [0.25, 0.3) is 0 Å². The predicted octanol–water partition coefficient (Wildman–Crippen LogP) is 8.91. The first-order valence-corrected chi connectivity index (χ1v) is 15.7. The van der Waals surface area contributed by atoms with E-state index in [0.29, 0.717) is 11.1 Å². The van der Waals surface area contributed by atoms with Gasteiger partial charge < -0.3 is 14.0 Å². The van der Waals surface area contributed by atoms with Crippen LogP contribution in [0.5, 0.6) is 5.75 Å². The molecule has 0 fully saturated rings. The fraction of sp³-hybridized carbons (Fsp3) is 0.629. The standard InChI is InChI=1S/C35H56NO3/c1-5-7-8-9-10-11-12-13-14-15-17-22-31-25-20-26-33(29-31)38-27-28-39-35(37)34(21-6-2)36(3,4)30-32-23-18-16-19-24-32/h16,18-20,23-26,29,34H,5-15,17,21-22,27-28,30H2,1-4H3/q+1. The Balaban J connectivity index is 1.65. The SMILES string of the molecule is CCCCCCCCCCCCCc1cccc(OCCOC(=O)C(CCC)[N+](C)(C)Cc2ccccc2)c1. The molecule has 0 amide bonds. The molecule has 0 aromatic heterocycles. The molecule has 0 aliphatic carbocycles. The van der Waals surface area contributed by atoms with Gasteiger partial charge in [-0.05, 0) is 37.0 Å². The minimum atomic E-state index is -0.190. The second-order valence-corrected chi connectivity index (χ2v) is 11.7. The number of hydrogen-bond donors (Lipinski definition) is 0. The highest BCUT2D eigenvalue weighted by Gasteiger charge is 2.35. The van der Waals surface area contributed by atoms with Gasteiger partial charge in [-0.2, -0.15) is 0 Å². The molecule has 2 rings (SSSR count). The van der Waals surface area contributed by atoms with Crippen molar-refractivity contribution in [3.63, 3.8) is 0 Å². The van der Waals surface area contributed by atoms with Crippen LogP contribution >= 0.6 is 0 Å². The van der Waals surface area contributed by atoms with Crippen molar-refractivity contribution < 1.29 is 18.8 Å². The summed E-state index contributed by atoms with van der Waals surface area (Å²) in [7, 11) is 4.23. The van der Waals surface area contributed by atoms with Gasteiger partial charge in [0, 0.05) is 12.0 Å². The lowest BCUT2D eigenvalue weighted by Crippen LogP contribution is -2.53. The number of esters is 1. The molecule has 4 nitrogen and oxygen atoms in total. The molecule has 39 heavy (non-hydrogen) atoms. The minimum absolute atomic E-state index is 0.133. The van der Waals surface area contributed by atoms with Crippen molar-refractivity contribution in [1.29, 1.82) is 0 Å². The molecule has 2 aromatic rings. The average molecular weight is 539 g/mol. The summed E-state index contributed by atoms with van der Waals surface area (Å²) in [5.41, 5.74) is 2.55. The molecule has 4 heteroatoms. The molecule has 1 atom stereocenters. The van der Waals surface area contributed by atoms with Crippen LogP contribution in [0.15, 0.2) is 54.6 Å². The first-order chi connectivity index (χ1) is 19.0. The summed E-state index contributed by atoms with van der Waals surface area (Å²) >= 11 is 0. The lowest BCUT2D eigenvalue weighted by atomic mass is 10.0. The fourth-order valence-corrected chi connectivity index (χ4v) is 5.37. The van der Waals surface area contributed by atoms with Crippen molar-refractivity contribution in [2.24, 2.45) is 0 Å². The summed E-state index contributed by atoms with van der Waals surface area (Å²) in [6.07, 6.45) is 17.9. The van der Waals surface area contributed by atoms with Gasteiger partial charge in [0.1, 0.15) is 25.5 Å². The first-order valence-electron chi connectivity index (χ1n) is 15.7. The molecule has 0 spiro atoms. The summed E-state index contributed by atoms with van der Waals surface area (Å²) in [6, 6.07) is 18.5. The lowest BCUT2D eigenvalue weighted by molar-refractivity contribution is -0.920. The van der Waals surface area contributed by atoms with Crippen molar-refractivity contribution in [2.75, 3.05) is 27.3 Å². The van der Waals surface area contributed by atoms with Crippen molar-refractivity contribution in [1.82, 2.24) is 0 Å². The van der Waals surface area contributed by atoms with Crippen molar-refractivity contribution in [3.8, 4) is 5.75 Å². The summed E-state index contributed by atoms with van der Waals surface area (Å²) < 4.78 is 12.2. The Morgan fingerprint density at radius 1 is 0.718 bits per heavy atom. The van der Waals surface area contributed by atoms with Crippen LogP contribution in [0.3, 0.4) is 0 Å². The third-order valence-corrected chi connectivity index (χ3v) is 7.67. The number of benzene rings is 2. The smallest absolute Gasteiger partial charge is 0.365 e. The van der Waals surface area contributed by atoms with Gasteiger partial charge in [0.25, 0.3) is 0 Å².